The molecule has 2 N–H and O–H groups in total. The van der Waals surface area contributed by atoms with Crippen LogP contribution in [0.25, 0.3) is 0 Å². The summed E-state index contributed by atoms with van der Waals surface area (Å²) in [6.45, 7) is 1.87. The van der Waals surface area contributed by atoms with Gasteiger partial charge in [-0.1, -0.05) is 13.0 Å². The summed E-state index contributed by atoms with van der Waals surface area (Å²) >= 11 is 1.50. The molecule has 1 atom stereocenters. The Bertz CT molecular complexity index is 473. The Hall–Kier alpha value is -1.49. The first kappa shape index (κ1) is 12.0. The van der Waals surface area contributed by atoms with Crippen molar-refractivity contribution in [2.24, 2.45) is 0 Å². The summed E-state index contributed by atoms with van der Waals surface area (Å²) in [7, 11) is 0. The normalized spacial score (nSPS) is 15.9. The number of carboxylic acids is 1. The lowest BCUT2D eigenvalue weighted by molar-refractivity contribution is -0.137. The van der Waals surface area contributed by atoms with E-state index in [1.165, 1.54) is 11.8 Å². The number of anilines is 1. The van der Waals surface area contributed by atoms with Crippen LogP contribution in [0.15, 0.2) is 23.1 Å². The number of amides is 1. The Kier molecular flexibility index (Phi) is 3.38. The standard InChI is InChI=1S/C12H13NO3S/c1-7(4-12(15)16)8-2-3-10-9(5-8)13-11(14)6-17-10/h2-3,5,7H,4,6H2,1H3,(H,13,14)(H,15,16). The van der Waals surface area contributed by atoms with E-state index in [1.807, 2.05) is 25.1 Å². The summed E-state index contributed by atoms with van der Waals surface area (Å²) in [6, 6.07) is 5.73. The highest BCUT2D eigenvalue weighted by Crippen LogP contribution is 2.34. The van der Waals surface area contributed by atoms with Crippen LogP contribution in [0.2, 0.25) is 0 Å². The second-order valence-electron chi connectivity index (χ2n) is 4.09. The van der Waals surface area contributed by atoms with Crippen molar-refractivity contribution in [2.45, 2.75) is 24.2 Å². The van der Waals surface area contributed by atoms with Crippen molar-refractivity contribution in [2.75, 3.05) is 11.1 Å². The number of benzene rings is 1. The predicted octanol–water partition coefficient (Wildman–Crippen LogP) is 2.31. The highest BCUT2D eigenvalue weighted by molar-refractivity contribution is 8.00. The van der Waals surface area contributed by atoms with Crippen LogP contribution in [0.3, 0.4) is 0 Å². The number of hydrogen-bond acceptors (Lipinski definition) is 3. The lowest BCUT2D eigenvalue weighted by Gasteiger charge is -2.18. The van der Waals surface area contributed by atoms with E-state index in [4.69, 9.17) is 5.11 Å². The number of nitrogens with one attached hydrogen (secondary N) is 1. The van der Waals surface area contributed by atoms with Gasteiger partial charge in [0.25, 0.3) is 0 Å². The van der Waals surface area contributed by atoms with Gasteiger partial charge in [0.2, 0.25) is 5.91 Å². The Balaban J connectivity index is 2.23. The maximum atomic E-state index is 11.3. The molecule has 1 aliphatic rings. The van der Waals surface area contributed by atoms with Crippen LogP contribution in [0.5, 0.6) is 0 Å². The summed E-state index contributed by atoms with van der Waals surface area (Å²) in [4.78, 5) is 22.9. The first-order valence-corrected chi connectivity index (χ1v) is 6.33. The molecule has 1 aromatic rings. The zero-order valence-electron chi connectivity index (χ0n) is 9.40. The Morgan fingerprint density at radius 2 is 2.35 bits per heavy atom. The van der Waals surface area contributed by atoms with Gasteiger partial charge in [-0.2, -0.15) is 0 Å². The third-order valence-corrected chi connectivity index (χ3v) is 3.76. The first-order chi connectivity index (χ1) is 8.06. The van der Waals surface area contributed by atoms with Crippen molar-refractivity contribution in [3.63, 3.8) is 0 Å². The van der Waals surface area contributed by atoms with Gasteiger partial charge in [-0.25, -0.2) is 0 Å². The third kappa shape index (κ3) is 2.79. The van der Waals surface area contributed by atoms with Crippen molar-refractivity contribution < 1.29 is 14.7 Å². The molecule has 0 fully saturated rings. The molecule has 90 valence electrons. The van der Waals surface area contributed by atoms with E-state index in [1.54, 1.807) is 0 Å². The number of fused-ring (bicyclic) bond motifs is 1. The average molecular weight is 251 g/mol. The molecule has 0 saturated heterocycles. The highest BCUT2D eigenvalue weighted by Gasteiger charge is 2.17. The molecule has 0 saturated carbocycles. The van der Waals surface area contributed by atoms with E-state index in [-0.39, 0.29) is 18.2 Å². The summed E-state index contributed by atoms with van der Waals surface area (Å²) in [5.41, 5.74) is 1.73. The van der Waals surface area contributed by atoms with Crippen LogP contribution in [0.4, 0.5) is 5.69 Å². The molecule has 0 bridgehead atoms. The largest absolute Gasteiger partial charge is 0.481 e. The minimum atomic E-state index is -0.811. The van der Waals surface area contributed by atoms with Crippen LogP contribution >= 0.6 is 11.8 Å². The number of carboxylic acid groups (broad SMARTS) is 1. The van der Waals surface area contributed by atoms with Crippen molar-refractivity contribution in [3.05, 3.63) is 23.8 Å². The van der Waals surface area contributed by atoms with E-state index < -0.39 is 5.97 Å². The Morgan fingerprint density at radius 1 is 1.59 bits per heavy atom. The lowest BCUT2D eigenvalue weighted by Crippen LogP contribution is -2.18. The zero-order chi connectivity index (χ0) is 12.4. The first-order valence-electron chi connectivity index (χ1n) is 5.34. The predicted molar refractivity (Wildman–Crippen MR) is 66.5 cm³/mol. The van der Waals surface area contributed by atoms with Gasteiger partial charge in [0.1, 0.15) is 0 Å². The van der Waals surface area contributed by atoms with E-state index >= 15 is 0 Å². The smallest absolute Gasteiger partial charge is 0.303 e. The molecule has 1 aliphatic heterocycles. The number of rotatable bonds is 3. The summed E-state index contributed by atoms with van der Waals surface area (Å²) in [5.74, 6) is -0.433. The van der Waals surface area contributed by atoms with Gasteiger partial charge in [-0.15, -0.1) is 11.8 Å². The molecule has 0 radical (unpaired) electrons. The van der Waals surface area contributed by atoms with Crippen LogP contribution in [0, 0.1) is 0 Å². The van der Waals surface area contributed by atoms with Crippen LogP contribution in [-0.4, -0.2) is 22.7 Å². The van der Waals surface area contributed by atoms with E-state index in [0.29, 0.717) is 5.75 Å². The number of aliphatic carboxylic acids is 1. The quantitative estimate of drug-likeness (QED) is 0.865. The van der Waals surface area contributed by atoms with Crippen LogP contribution in [-0.2, 0) is 9.59 Å². The molecule has 0 spiro atoms. The molecule has 1 amide bonds. The molecule has 5 heteroatoms. The Labute approximate surface area is 103 Å². The fraction of sp³-hybridized carbons (Fsp3) is 0.333. The summed E-state index contributed by atoms with van der Waals surface area (Å²) < 4.78 is 0. The molecule has 17 heavy (non-hydrogen) atoms. The molecular weight excluding hydrogens is 238 g/mol. The van der Waals surface area contributed by atoms with Gasteiger partial charge in [0.15, 0.2) is 0 Å². The van der Waals surface area contributed by atoms with E-state index in [2.05, 4.69) is 5.32 Å². The summed E-state index contributed by atoms with van der Waals surface area (Å²) in [6.07, 6.45) is 0.0971. The number of carbonyl (C=O) groups excluding carboxylic acids is 1. The van der Waals surface area contributed by atoms with Gasteiger partial charge < -0.3 is 10.4 Å². The topological polar surface area (TPSA) is 66.4 Å². The summed E-state index contributed by atoms with van der Waals surface area (Å²) in [5, 5.41) is 11.6. The molecule has 4 nitrogen and oxygen atoms in total. The number of carbonyl (C=O) groups is 2. The van der Waals surface area contributed by atoms with Gasteiger partial charge in [0.05, 0.1) is 17.9 Å². The van der Waals surface area contributed by atoms with Crippen LogP contribution < -0.4 is 5.32 Å². The zero-order valence-corrected chi connectivity index (χ0v) is 10.2. The SMILES string of the molecule is CC(CC(=O)O)c1ccc2c(c1)NC(=O)CS2. The van der Waals surface area contributed by atoms with Gasteiger partial charge in [0, 0.05) is 4.90 Å². The van der Waals surface area contributed by atoms with Gasteiger partial charge in [-0.3, -0.25) is 9.59 Å². The second-order valence-corrected chi connectivity index (χ2v) is 5.11. The van der Waals surface area contributed by atoms with Crippen molar-refractivity contribution in [3.8, 4) is 0 Å². The third-order valence-electron chi connectivity index (χ3n) is 2.69. The molecule has 1 heterocycles. The van der Waals surface area contributed by atoms with Gasteiger partial charge in [-0.05, 0) is 23.6 Å². The van der Waals surface area contributed by atoms with E-state index in [0.717, 1.165) is 16.1 Å². The molecule has 2 rings (SSSR count). The van der Waals surface area contributed by atoms with E-state index in [9.17, 15) is 9.59 Å². The van der Waals surface area contributed by atoms with Crippen molar-refractivity contribution in [1.82, 2.24) is 0 Å². The minimum Gasteiger partial charge on any atom is -0.481 e. The Morgan fingerprint density at radius 3 is 3.06 bits per heavy atom. The lowest BCUT2D eigenvalue weighted by atomic mass is 9.97. The molecule has 1 aromatic carbocycles. The highest BCUT2D eigenvalue weighted by atomic mass is 32.2. The van der Waals surface area contributed by atoms with Crippen molar-refractivity contribution in [1.29, 1.82) is 0 Å². The fourth-order valence-corrected chi connectivity index (χ4v) is 2.58. The van der Waals surface area contributed by atoms with Gasteiger partial charge >= 0.3 is 5.97 Å². The molecule has 0 aromatic heterocycles. The monoisotopic (exact) mass is 251 g/mol. The average Bonchev–Trinajstić information content (AvgIpc) is 2.27. The maximum Gasteiger partial charge on any atom is 0.303 e. The number of hydrogen-bond donors (Lipinski definition) is 2. The molecule has 0 aliphatic carbocycles. The minimum absolute atomic E-state index is 0.00876. The van der Waals surface area contributed by atoms with Crippen LogP contribution in [0.1, 0.15) is 24.8 Å². The maximum absolute atomic E-state index is 11.3. The second kappa shape index (κ2) is 4.79. The number of thioether (sulfide) groups is 1. The molecular formula is C12H13NO3S. The molecule has 1 unspecified atom stereocenters. The van der Waals surface area contributed by atoms with Crippen molar-refractivity contribution >= 4 is 29.3 Å². The fourth-order valence-electron chi connectivity index (χ4n) is 1.79.